The van der Waals surface area contributed by atoms with Gasteiger partial charge in [-0.2, -0.15) is 0 Å². The second-order valence-corrected chi connectivity index (χ2v) is 6.02. The van der Waals surface area contributed by atoms with Gasteiger partial charge in [-0.15, -0.1) is 0 Å². The fourth-order valence-electron chi connectivity index (χ4n) is 3.55. The highest BCUT2D eigenvalue weighted by Crippen LogP contribution is 2.39. The molecule has 0 radical (unpaired) electrons. The van der Waals surface area contributed by atoms with Crippen molar-refractivity contribution in [3.63, 3.8) is 0 Å². The van der Waals surface area contributed by atoms with Gasteiger partial charge in [-0.1, -0.05) is 0 Å². The summed E-state index contributed by atoms with van der Waals surface area (Å²) in [6.45, 7) is 5.71. The molecular formula is C13H23NO5. The maximum Gasteiger partial charge on any atom is 0.163 e. The van der Waals surface area contributed by atoms with Gasteiger partial charge in [0.05, 0.1) is 12.1 Å². The smallest absolute Gasteiger partial charge is 0.163 e. The summed E-state index contributed by atoms with van der Waals surface area (Å²) in [5.74, 6) is -0.589. The first-order valence-electron chi connectivity index (χ1n) is 6.90. The van der Waals surface area contributed by atoms with Crippen LogP contribution in [0.25, 0.3) is 0 Å². The number of hydrogen-bond donors (Lipinski definition) is 1. The van der Waals surface area contributed by atoms with E-state index in [-0.39, 0.29) is 37.3 Å². The van der Waals surface area contributed by atoms with Crippen molar-refractivity contribution < 1.29 is 24.1 Å². The van der Waals surface area contributed by atoms with Crippen molar-refractivity contribution in [3.8, 4) is 0 Å². The molecule has 0 unspecified atom stereocenters. The van der Waals surface area contributed by atoms with Gasteiger partial charge in [0.25, 0.3) is 0 Å². The van der Waals surface area contributed by atoms with Gasteiger partial charge in [0.15, 0.2) is 5.79 Å². The summed E-state index contributed by atoms with van der Waals surface area (Å²) in [5.41, 5.74) is 0. The lowest BCUT2D eigenvalue weighted by atomic mass is 9.93. The maximum absolute atomic E-state index is 10.2. The van der Waals surface area contributed by atoms with E-state index in [2.05, 4.69) is 4.90 Å². The van der Waals surface area contributed by atoms with E-state index in [0.717, 1.165) is 19.5 Å². The number of methoxy groups -OCH3 is 1. The van der Waals surface area contributed by atoms with Gasteiger partial charge in [0, 0.05) is 20.2 Å². The van der Waals surface area contributed by atoms with Crippen LogP contribution in [0.4, 0.5) is 0 Å². The number of piperidine rings is 1. The summed E-state index contributed by atoms with van der Waals surface area (Å²) < 4.78 is 22.7. The fourth-order valence-corrected chi connectivity index (χ4v) is 3.55. The number of nitrogens with zero attached hydrogens (tertiary/aromatic N) is 1. The summed E-state index contributed by atoms with van der Waals surface area (Å²) in [5, 5.41) is 10.2. The zero-order valence-corrected chi connectivity index (χ0v) is 11.7. The molecule has 3 rings (SSSR count). The summed E-state index contributed by atoms with van der Waals surface area (Å²) in [7, 11) is 1.60. The lowest BCUT2D eigenvalue weighted by Crippen LogP contribution is -2.61. The summed E-state index contributed by atoms with van der Waals surface area (Å²) >= 11 is 0. The minimum Gasteiger partial charge on any atom is -0.391 e. The highest BCUT2D eigenvalue weighted by Gasteiger charge is 2.56. The van der Waals surface area contributed by atoms with Crippen LogP contribution in [0.2, 0.25) is 0 Å². The Hall–Kier alpha value is -0.240. The molecule has 0 amide bonds. The molecule has 0 bridgehead atoms. The first-order chi connectivity index (χ1) is 9.02. The van der Waals surface area contributed by atoms with Crippen LogP contribution in [0, 0.1) is 0 Å². The van der Waals surface area contributed by atoms with E-state index in [9.17, 15) is 5.11 Å². The predicted molar refractivity (Wildman–Crippen MR) is 66.6 cm³/mol. The number of fused-ring (bicyclic) bond motifs is 2. The standard InChI is InChI=1S/C13H23NO5/c1-13(2)18-9-6-14-5-4-8(15)10(14)12(11(9)19-13)17-7-16-3/h8-12,15H,4-7H2,1-3H3/t8-,9+,10-,11-,12-/m1/s1. The molecule has 6 nitrogen and oxygen atoms in total. The Balaban J connectivity index is 1.81. The van der Waals surface area contributed by atoms with Crippen molar-refractivity contribution in [1.82, 2.24) is 4.90 Å². The Morgan fingerprint density at radius 3 is 2.89 bits per heavy atom. The zero-order valence-electron chi connectivity index (χ0n) is 11.7. The topological polar surface area (TPSA) is 60.4 Å². The third kappa shape index (κ3) is 2.41. The highest BCUT2D eigenvalue weighted by molar-refractivity contribution is 5.05. The molecule has 0 aromatic carbocycles. The van der Waals surface area contributed by atoms with Crippen molar-refractivity contribution in [2.45, 2.75) is 56.5 Å². The minimum atomic E-state index is -0.589. The molecule has 0 aromatic heterocycles. The third-order valence-electron chi connectivity index (χ3n) is 4.20. The molecule has 3 aliphatic heterocycles. The largest absolute Gasteiger partial charge is 0.391 e. The molecule has 19 heavy (non-hydrogen) atoms. The van der Waals surface area contributed by atoms with Crippen molar-refractivity contribution in [1.29, 1.82) is 0 Å². The molecular weight excluding hydrogens is 250 g/mol. The number of ether oxygens (including phenoxy) is 4. The Labute approximate surface area is 113 Å². The second kappa shape index (κ2) is 4.95. The molecule has 3 fully saturated rings. The van der Waals surface area contributed by atoms with Gasteiger partial charge < -0.3 is 24.1 Å². The molecule has 3 aliphatic rings. The van der Waals surface area contributed by atoms with Gasteiger partial charge in [-0.3, -0.25) is 4.90 Å². The molecule has 0 spiro atoms. The van der Waals surface area contributed by atoms with Gasteiger partial charge in [0.1, 0.15) is 25.1 Å². The van der Waals surface area contributed by atoms with Crippen LogP contribution in [0.5, 0.6) is 0 Å². The van der Waals surface area contributed by atoms with E-state index >= 15 is 0 Å². The van der Waals surface area contributed by atoms with E-state index in [4.69, 9.17) is 18.9 Å². The predicted octanol–water partition coefficient (Wildman–Crippen LogP) is -0.0556. The SMILES string of the molecule is COCO[C@H]1[C@@H]2OC(C)(C)O[C@H]2CN2CC[C@@H](O)[C@H]12. The number of aliphatic hydroxyl groups is 1. The quantitative estimate of drug-likeness (QED) is 0.727. The van der Waals surface area contributed by atoms with Crippen LogP contribution in [-0.2, 0) is 18.9 Å². The third-order valence-corrected chi connectivity index (χ3v) is 4.20. The summed E-state index contributed by atoms with van der Waals surface area (Å²) in [6.07, 6.45) is 0.0611. The maximum atomic E-state index is 10.2. The summed E-state index contributed by atoms with van der Waals surface area (Å²) in [6, 6.07) is -0.0195. The Morgan fingerprint density at radius 1 is 1.37 bits per heavy atom. The lowest BCUT2D eigenvalue weighted by molar-refractivity contribution is -0.185. The Kier molecular flexibility index (Phi) is 3.57. The Bertz CT molecular complexity index is 337. The van der Waals surface area contributed by atoms with E-state index in [1.54, 1.807) is 7.11 Å². The van der Waals surface area contributed by atoms with Crippen LogP contribution in [0.15, 0.2) is 0 Å². The summed E-state index contributed by atoms with van der Waals surface area (Å²) in [4.78, 5) is 2.25. The first kappa shape index (κ1) is 13.7. The van der Waals surface area contributed by atoms with E-state index in [0.29, 0.717) is 0 Å². The van der Waals surface area contributed by atoms with Gasteiger partial charge >= 0.3 is 0 Å². The van der Waals surface area contributed by atoms with E-state index < -0.39 is 5.79 Å². The van der Waals surface area contributed by atoms with Crippen molar-refractivity contribution in [2.24, 2.45) is 0 Å². The fraction of sp³-hybridized carbons (Fsp3) is 1.00. The highest BCUT2D eigenvalue weighted by atomic mass is 16.8. The zero-order chi connectivity index (χ0) is 13.6. The monoisotopic (exact) mass is 273 g/mol. The van der Waals surface area contributed by atoms with E-state index in [1.807, 2.05) is 13.8 Å². The van der Waals surface area contributed by atoms with Gasteiger partial charge in [-0.05, 0) is 20.3 Å². The van der Waals surface area contributed by atoms with Crippen LogP contribution in [-0.4, -0.2) is 73.2 Å². The van der Waals surface area contributed by atoms with Crippen LogP contribution < -0.4 is 0 Å². The second-order valence-electron chi connectivity index (χ2n) is 6.02. The van der Waals surface area contributed by atoms with Crippen LogP contribution in [0.1, 0.15) is 20.3 Å². The average Bonchev–Trinajstić information content (AvgIpc) is 2.84. The van der Waals surface area contributed by atoms with Gasteiger partial charge in [0.2, 0.25) is 0 Å². The molecule has 3 saturated heterocycles. The molecule has 0 aliphatic carbocycles. The number of rotatable bonds is 3. The normalized spacial score (nSPS) is 45.2. The van der Waals surface area contributed by atoms with Crippen molar-refractivity contribution in [3.05, 3.63) is 0 Å². The lowest BCUT2D eigenvalue weighted by Gasteiger charge is -2.42. The van der Waals surface area contributed by atoms with Crippen molar-refractivity contribution in [2.75, 3.05) is 27.0 Å². The van der Waals surface area contributed by atoms with Gasteiger partial charge in [-0.25, -0.2) is 0 Å². The minimum absolute atomic E-state index is 0.00148. The molecule has 0 aromatic rings. The molecule has 110 valence electrons. The van der Waals surface area contributed by atoms with Crippen LogP contribution in [0.3, 0.4) is 0 Å². The molecule has 6 heteroatoms. The number of hydrogen-bond acceptors (Lipinski definition) is 6. The average molecular weight is 273 g/mol. The van der Waals surface area contributed by atoms with Crippen LogP contribution >= 0.6 is 0 Å². The van der Waals surface area contributed by atoms with Crippen molar-refractivity contribution >= 4 is 0 Å². The molecule has 0 saturated carbocycles. The number of aliphatic hydroxyl groups excluding tert-OH is 1. The molecule has 1 N–H and O–H groups in total. The van der Waals surface area contributed by atoms with E-state index in [1.165, 1.54) is 0 Å². The first-order valence-corrected chi connectivity index (χ1v) is 6.90. The Morgan fingerprint density at radius 2 is 2.16 bits per heavy atom. The molecule has 3 heterocycles. The molecule has 5 atom stereocenters.